The second-order valence-electron chi connectivity index (χ2n) is 8.01. The van der Waals surface area contributed by atoms with Gasteiger partial charge in [0.1, 0.15) is 5.75 Å². The van der Waals surface area contributed by atoms with Crippen molar-refractivity contribution in [2.75, 3.05) is 18.4 Å². The maximum atomic E-state index is 13.1. The SMILES string of the molecule is O=C(Nc1cc(S(=O)(=O)N2CCCCC2)ccc1Oc1ccccc1)C1CCCC1. The Hall–Kier alpha value is -2.38. The highest BCUT2D eigenvalue weighted by atomic mass is 32.2. The van der Waals surface area contributed by atoms with Crippen LogP contribution in [-0.4, -0.2) is 31.7 Å². The van der Waals surface area contributed by atoms with E-state index in [0.29, 0.717) is 30.3 Å². The lowest BCUT2D eigenvalue weighted by molar-refractivity contribution is -0.119. The summed E-state index contributed by atoms with van der Waals surface area (Å²) in [6, 6.07) is 14.0. The molecule has 1 saturated carbocycles. The molecule has 0 spiro atoms. The number of carbonyl (C=O) groups is 1. The van der Waals surface area contributed by atoms with Crippen LogP contribution in [0.2, 0.25) is 0 Å². The van der Waals surface area contributed by atoms with Crippen LogP contribution in [0.15, 0.2) is 53.4 Å². The average Bonchev–Trinajstić information content (AvgIpc) is 3.31. The Morgan fingerprint density at radius 3 is 2.33 bits per heavy atom. The molecule has 1 aliphatic carbocycles. The molecule has 30 heavy (non-hydrogen) atoms. The fourth-order valence-electron chi connectivity index (χ4n) is 4.15. The third-order valence-electron chi connectivity index (χ3n) is 5.86. The fourth-order valence-corrected chi connectivity index (χ4v) is 5.69. The Bertz CT molecular complexity index is 980. The standard InChI is InChI=1S/C23H28N2O4S/c26-23(18-9-5-6-10-18)24-21-17-20(30(27,28)25-15-7-2-8-16-25)13-14-22(21)29-19-11-3-1-4-12-19/h1,3-4,11-14,17-18H,2,5-10,15-16H2,(H,24,26). The fraction of sp³-hybridized carbons (Fsp3) is 0.435. The van der Waals surface area contributed by atoms with Crippen molar-refractivity contribution in [3.63, 3.8) is 0 Å². The smallest absolute Gasteiger partial charge is 0.243 e. The van der Waals surface area contributed by atoms with Crippen LogP contribution in [0.5, 0.6) is 11.5 Å². The Kier molecular flexibility index (Phi) is 6.39. The summed E-state index contributed by atoms with van der Waals surface area (Å²) in [5.41, 5.74) is 0.397. The number of sulfonamides is 1. The zero-order valence-corrected chi connectivity index (χ0v) is 17.9. The van der Waals surface area contributed by atoms with E-state index in [1.54, 1.807) is 12.1 Å². The topological polar surface area (TPSA) is 75.7 Å². The van der Waals surface area contributed by atoms with Crippen LogP contribution in [0, 0.1) is 5.92 Å². The number of para-hydroxylation sites is 1. The lowest BCUT2D eigenvalue weighted by Gasteiger charge is -2.26. The first kappa shape index (κ1) is 20.9. The number of hydrogen-bond acceptors (Lipinski definition) is 4. The van der Waals surface area contributed by atoms with Gasteiger partial charge in [0, 0.05) is 19.0 Å². The second-order valence-corrected chi connectivity index (χ2v) is 9.95. The van der Waals surface area contributed by atoms with Crippen LogP contribution >= 0.6 is 0 Å². The van der Waals surface area contributed by atoms with Crippen LogP contribution in [0.3, 0.4) is 0 Å². The summed E-state index contributed by atoms with van der Waals surface area (Å²) in [5.74, 6) is 0.959. The van der Waals surface area contributed by atoms with Crippen LogP contribution in [0.1, 0.15) is 44.9 Å². The Labute approximate surface area is 178 Å². The monoisotopic (exact) mass is 428 g/mol. The van der Waals surface area contributed by atoms with Gasteiger partial charge in [0.05, 0.1) is 10.6 Å². The summed E-state index contributed by atoms with van der Waals surface area (Å²) < 4.78 is 33.7. The third-order valence-corrected chi connectivity index (χ3v) is 7.75. The van der Waals surface area contributed by atoms with Crippen molar-refractivity contribution in [3.05, 3.63) is 48.5 Å². The van der Waals surface area contributed by atoms with Crippen molar-refractivity contribution in [2.45, 2.75) is 49.8 Å². The van der Waals surface area contributed by atoms with Crippen LogP contribution in [-0.2, 0) is 14.8 Å². The van der Waals surface area contributed by atoms with Gasteiger partial charge < -0.3 is 10.1 Å². The Balaban J connectivity index is 1.65. The van der Waals surface area contributed by atoms with E-state index >= 15 is 0 Å². The average molecular weight is 429 g/mol. The Morgan fingerprint density at radius 1 is 0.933 bits per heavy atom. The molecule has 2 aromatic carbocycles. The number of hydrogen-bond donors (Lipinski definition) is 1. The largest absolute Gasteiger partial charge is 0.455 e. The Morgan fingerprint density at radius 2 is 1.63 bits per heavy atom. The number of rotatable bonds is 6. The first-order valence-electron chi connectivity index (χ1n) is 10.7. The quantitative estimate of drug-likeness (QED) is 0.718. The van der Waals surface area contributed by atoms with E-state index in [1.165, 1.54) is 10.4 Å². The van der Waals surface area contributed by atoms with Crippen LogP contribution in [0.4, 0.5) is 5.69 Å². The minimum atomic E-state index is -3.60. The molecule has 1 heterocycles. The molecule has 160 valence electrons. The summed E-state index contributed by atoms with van der Waals surface area (Å²) in [7, 11) is -3.60. The number of piperidine rings is 1. The van der Waals surface area contributed by atoms with Crippen molar-refractivity contribution < 1.29 is 17.9 Å². The molecule has 1 saturated heterocycles. The lowest BCUT2D eigenvalue weighted by Crippen LogP contribution is -2.35. The molecule has 0 unspecified atom stereocenters. The van der Waals surface area contributed by atoms with E-state index in [2.05, 4.69) is 5.32 Å². The maximum absolute atomic E-state index is 13.1. The van der Waals surface area contributed by atoms with Gasteiger partial charge in [0.15, 0.2) is 5.75 Å². The van der Waals surface area contributed by atoms with Gasteiger partial charge in [0.2, 0.25) is 15.9 Å². The summed E-state index contributed by atoms with van der Waals surface area (Å²) >= 11 is 0. The highest BCUT2D eigenvalue weighted by molar-refractivity contribution is 7.89. The minimum absolute atomic E-state index is 0.0306. The van der Waals surface area contributed by atoms with E-state index in [0.717, 1.165) is 44.9 Å². The van der Waals surface area contributed by atoms with Gasteiger partial charge in [-0.3, -0.25) is 4.79 Å². The first-order chi connectivity index (χ1) is 14.5. The van der Waals surface area contributed by atoms with Crippen molar-refractivity contribution in [2.24, 2.45) is 5.92 Å². The number of amides is 1. The van der Waals surface area contributed by atoms with Crippen LogP contribution in [0.25, 0.3) is 0 Å². The molecule has 2 aromatic rings. The lowest BCUT2D eigenvalue weighted by atomic mass is 10.1. The molecule has 0 radical (unpaired) electrons. The number of anilines is 1. The molecule has 1 N–H and O–H groups in total. The van der Waals surface area contributed by atoms with Gasteiger partial charge in [0.25, 0.3) is 0 Å². The predicted molar refractivity (Wildman–Crippen MR) is 116 cm³/mol. The van der Waals surface area contributed by atoms with Crippen molar-refractivity contribution in [1.29, 1.82) is 0 Å². The van der Waals surface area contributed by atoms with Gasteiger partial charge >= 0.3 is 0 Å². The number of benzene rings is 2. The van der Waals surface area contributed by atoms with E-state index in [-0.39, 0.29) is 16.7 Å². The van der Waals surface area contributed by atoms with Gasteiger partial charge in [-0.25, -0.2) is 8.42 Å². The predicted octanol–water partition coefficient (Wildman–Crippen LogP) is 4.78. The van der Waals surface area contributed by atoms with E-state index in [9.17, 15) is 13.2 Å². The highest BCUT2D eigenvalue weighted by Gasteiger charge is 2.28. The molecule has 2 aliphatic rings. The molecule has 7 heteroatoms. The van der Waals surface area contributed by atoms with Gasteiger partial charge in [-0.1, -0.05) is 37.5 Å². The van der Waals surface area contributed by atoms with Crippen molar-refractivity contribution >= 4 is 21.6 Å². The summed E-state index contributed by atoms with van der Waals surface area (Å²) in [5, 5.41) is 2.94. The van der Waals surface area contributed by atoms with Gasteiger partial charge in [-0.05, 0) is 56.0 Å². The second kappa shape index (κ2) is 9.18. The zero-order chi connectivity index (χ0) is 21.0. The number of ether oxygens (including phenoxy) is 1. The molecule has 0 bridgehead atoms. The molecule has 0 aromatic heterocycles. The molecule has 1 aliphatic heterocycles. The minimum Gasteiger partial charge on any atom is -0.455 e. The summed E-state index contributed by atoms with van der Waals surface area (Å²) in [6.07, 6.45) is 6.64. The normalized spacial score (nSPS) is 18.3. The summed E-state index contributed by atoms with van der Waals surface area (Å²) in [4.78, 5) is 12.9. The molecule has 1 amide bonds. The molecule has 4 rings (SSSR count). The maximum Gasteiger partial charge on any atom is 0.243 e. The molecule has 0 atom stereocenters. The van der Waals surface area contributed by atoms with Crippen LogP contribution < -0.4 is 10.1 Å². The molecule has 2 fully saturated rings. The van der Waals surface area contributed by atoms with E-state index in [1.807, 2.05) is 30.3 Å². The first-order valence-corrected chi connectivity index (χ1v) is 12.2. The van der Waals surface area contributed by atoms with Crippen molar-refractivity contribution in [3.8, 4) is 11.5 Å². The molecule has 6 nitrogen and oxygen atoms in total. The molecular formula is C23H28N2O4S. The van der Waals surface area contributed by atoms with Crippen molar-refractivity contribution in [1.82, 2.24) is 4.31 Å². The van der Waals surface area contributed by atoms with Gasteiger partial charge in [-0.2, -0.15) is 4.31 Å². The number of nitrogens with one attached hydrogen (secondary N) is 1. The highest BCUT2D eigenvalue weighted by Crippen LogP contribution is 2.34. The molecular weight excluding hydrogens is 400 g/mol. The summed E-state index contributed by atoms with van der Waals surface area (Å²) in [6.45, 7) is 1.07. The third kappa shape index (κ3) is 4.68. The van der Waals surface area contributed by atoms with E-state index < -0.39 is 10.0 Å². The number of nitrogens with zero attached hydrogens (tertiary/aromatic N) is 1. The van der Waals surface area contributed by atoms with E-state index in [4.69, 9.17) is 4.74 Å². The number of carbonyl (C=O) groups excluding carboxylic acids is 1. The van der Waals surface area contributed by atoms with Gasteiger partial charge in [-0.15, -0.1) is 0 Å². The zero-order valence-electron chi connectivity index (χ0n) is 17.0.